The summed E-state index contributed by atoms with van der Waals surface area (Å²) in [5.41, 5.74) is 0.250. The molecule has 5 nitrogen and oxygen atoms in total. The minimum Gasteiger partial charge on any atom is -0.352 e. The van der Waals surface area contributed by atoms with Crippen molar-refractivity contribution in [2.75, 3.05) is 26.2 Å². The summed E-state index contributed by atoms with van der Waals surface area (Å²) >= 11 is 0. The number of likely N-dealkylation sites (tertiary alicyclic amines) is 1. The highest BCUT2D eigenvalue weighted by Gasteiger charge is 2.26. The molecule has 1 heterocycles. The normalized spacial score (nSPS) is 17.0. The summed E-state index contributed by atoms with van der Waals surface area (Å²) in [5.74, 6) is -3.02. The molecule has 2 rings (SSSR count). The first-order valence-electron chi connectivity index (χ1n) is 8.43. The van der Waals surface area contributed by atoms with E-state index in [1.807, 2.05) is 0 Å². The van der Waals surface area contributed by atoms with Gasteiger partial charge in [-0.15, -0.1) is 0 Å². The van der Waals surface area contributed by atoms with Gasteiger partial charge >= 0.3 is 5.76 Å². The molecule has 140 valence electrons. The zero-order valence-corrected chi connectivity index (χ0v) is 15.1. The topological polar surface area (TPSA) is 66.5 Å². The quantitative estimate of drug-likeness (QED) is 0.745. The summed E-state index contributed by atoms with van der Waals surface area (Å²) in [6.45, 7) is 5.89. The van der Waals surface area contributed by atoms with Crippen LogP contribution in [0.5, 0.6) is 0 Å². The maximum absolute atomic E-state index is 12.5. The zero-order chi connectivity index (χ0) is 18.4. The van der Waals surface area contributed by atoms with Gasteiger partial charge in [0.15, 0.2) is 0 Å². The van der Waals surface area contributed by atoms with Gasteiger partial charge in [-0.25, -0.2) is 8.42 Å². The Morgan fingerprint density at radius 3 is 2.40 bits per heavy atom. The van der Waals surface area contributed by atoms with Gasteiger partial charge in [-0.05, 0) is 69.1 Å². The number of rotatable bonds is 7. The number of sulfone groups is 1. The Hall–Kier alpha value is -1.54. The van der Waals surface area contributed by atoms with E-state index < -0.39 is 20.5 Å². The molecule has 1 aliphatic heterocycles. The molecule has 1 aromatic carbocycles. The summed E-state index contributed by atoms with van der Waals surface area (Å²) in [6.07, 6.45) is 3.25. The van der Waals surface area contributed by atoms with Crippen LogP contribution in [0, 0.1) is 5.92 Å². The Kier molecular flexibility index (Phi) is 6.89. The number of hydrogen-bond acceptors (Lipinski definition) is 4. The van der Waals surface area contributed by atoms with Crippen molar-refractivity contribution in [3.63, 3.8) is 0 Å². The fraction of sp³-hybridized carbons (Fsp3) is 0.588. The van der Waals surface area contributed by atoms with Crippen molar-refractivity contribution >= 4 is 15.7 Å². The molecule has 0 aliphatic carbocycles. The van der Waals surface area contributed by atoms with E-state index in [2.05, 4.69) is 17.1 Å². The van der Waals surface area contributed by atoms with Crippen molar-refractivity contribution in [1.29, 1.82) is 0 Å². The van der Waals surface area contributed by atoms with Gasteiger partial charge in [-0.3, -0.25) is 4.79 Å². The third kappa shape index (κ3) is 5.47. The summed E-state index contributed by atoms with van der Waals surface area (Å²) in [6, 6.07) is 4.56. The van der Waals surface area contributed by atoms with E-state index in [0.29, 0.717) is 6.54 Å². The first-order chi connectivity index (χ1) is 11.8. The molecule has 0 spiro atoms. The van der Waals surface area contributed by atoms with Crippen molar-refractivity contribution in [3.8, 4) is 0 Å². The van der Waals surface area contributed by atoms with Crippen LogP contribution in [0.2, 0.25) is 0 Å². The van der Waals surface area contributed by atoms with Crippen molar-refractivity contribution in [1.82, 2.24) is 10.2 Å². The number of alkyl halides is 2. The molecule has 0 aromatic heterocycles. The third-order valence-corrected chi connectivity index (χ3v) is 5.89. The lowest BCUT2D eigenvalue weighted by atomic mass is 9.99. The van der Waals surface area contributed by atoms with Gasteiger partial charge in [0.2, 0.25) is 9.84 Å². The fourth-order valence-electron chi connectivity index (χ4n) is 2.79. The number of halogens is 2. The Labute approximate surface area is 147 Å². The fourth-order valence-corrected chi connectivity index (χ4v) is 3.51. The number of nitrogens with one attached hydrogen (secondary N) is 1. The van der Waals surface area contributed by atoms with Gasteiger partial charge in [-0.1, -0.05) is 6.92 Å². The zero-order valence-electron chi connectivity index (χ0n) is 14.2. The lowest BCUT2D eigenvalue weighted by Gasteiger charge is -2.30. The summed E-state index contributed by atoms with van der Waals surface area (Å²) in [4.78, 5) is 13.9. The molecule has 1 aliphatic rings. The van der Waals surface area contributed by atoms with E-state index in [9.17, 15) is 22.0 Å². The van der Waals surface area contributed by atoms with Gasteiger partial charge in [0.05, 0.1) is 4.90 Å². The van der Waals surface area contributed by atoms with Crippen molar-refractivity contribution in [3.05, 3.63) is 29.8 Å². The molecule has 25 heavy (non-hydrogen) atoms. The molecule has 0 atom stereocenters. The lowest BCUT2D eigenvalue weighted by molar-refractivity contribution is 0.0950. The van der Waals surface area contributed by atoms with E-state index in [0.717, 1.165) is 44.1 Å². The molecule has 0 saturated carbocycles. The first kappa shape index (κ1) is 19.8. The van der Waals surface area contributed by atoms with Crippen LogP contribution in [0.3, 0.4) is 0 Å². The van der Waals surface area contributed by atoms with E-state index in [4.69, 9.17) is 0 Å². The number of benzene rings is 1. The van der Waals surface area contributed by atoms with E-state index >= 15 is 0 Å². The predicted octanol–water partition coefficient (Wildman–Crippen LogP) is 2.53. The van der Waals surface area contributed by atoms with Crippen LogP contribution in [0.1, 0.15) is 36.5 Å². The number of hydrogen-bond donors (Lipinski definition) is 1. The van der Waals surface area contributed by atoms with Crippen LogP contribution >= 0.6 is 0 Å². The standard InChI is InChI=1S/C17H24F2N2O3S/c1-13-7-11-21(12-8-13)10-2-9-20-16(22)14-3-5-15(6-4-14)25(23,24)17(18)19/h3-6,13,17H,2,7-12H2,1H3,(H,20,22). The first-order valence-corrected chi connectivity index (χ1v) is 9.98. The average Bonchev–Trinajstić information content (AvgIpc) is 2.60. The second-order valence-corrected chi connectivity index (χ2v) is 8.38. The number of carbonyl (C=O) groups excluding carboxylic acids is 1. The second kappa shape index (κ2) is 8.71. The van der Waals surface area contributed by atoms with Crippen LogP contribution in [0.25, 0.3) is 0 Å². The van der Waals surface area contributed by atoms with Gasteiger partial charge in [-0.2, -0.15) is 8.78 Å². The smallest absolute Gasteiger partial charge is 0.341 e. The van der Waals surface area contributed by atoms with Gasteiger partial charge < -0.3 is 10.2 Å². The van der Waals surface area contributed by atoms with Crippen molar-refractivity contribution < 1.29 is 22.0 Å². The maximum Gasteiger partial charge on any atom is 0.341 e. The maximum atomic E-state index is 12.5. The SMILES string of the molecule is CC1CCN(CCCNC(=O)c2ccc(S(=O)(=O)C(F)F)cc2)CC1. The molecule has 0 unspecified atom stereocenters. The summed E-state index contributed by atoms with van der Waals surface area (Å²) < 4.78 is 47.6. The molecule has 0 bridgehead atoms. The van der Waals surface area contributed by atoms with Gasteiger partial charge in [0.25, 0.3) is 5.91 Å². The summed E-state index contributed by atoms with van der Waals surface area (Å²) in [7, 11) is -4.63. The minimum absolute atomic E-state index is 0.250. The number of piperidine rings is 1. The third-order valence-electron chi connectivity index (χ3n) is 4.49. The van der Waals surface area contributed by atoms with E-state index in [-0.39, 0.29) is 11.5 Å². The Balaban J connectivity index is 1.77. The lowest BCUT2D eigenvalue weighted by Crippen LogP contribution is -2.35. The Bertz CT molecular complexity index is 670. The molecular weight excluding hydrogens is 350 g/mol. The molecule has 1 saturated heterocycles. The molecule has 8 heteroatoms. The van der Waals surface area contributed by atoms with Crippen LogP contribution in [-0.4, -0.2) is 51.2 Å². The molecule has 1 amide bonds. The highest BCUT2D eigenvalue weighted by atomic mass is 32.2. The highest BCUT2D eigenvalue weighted by molar-refractivity contribution is 7.91. The predicted molar refractivity (Wildman–Crippen MR) is 91.4 cm³/mol. The van der Waals surface area contributed by atoms with Crippen LogP contribution in [0.15, 0.2) is 29.2 Å². The van der Waals surface area contributed by atoms with Gasteiger partial charge in [0.1, 0.15) is 0 Å². The summed E-state index contributed by atoms with van der Waals surface area (Å²) in [5, 5.41) is 2.77. The molecule has 1 N–H and O–H groups in total. The molecular formula is C17H24F2N2O3S. The van der Waals surface area contributed by atoms with Crippen molar-refractivity contribution in [2.24, 2.45) is 5.92 Å². The average molecular weight is 374 g/mol. The largest absolute Gasteiger partial charge is 0.352 e. The Morgan fingerprint density at radius 1 is 1.24 bits per heavy atom. The molecule has 1 aromatic rings. The molecule has 0 radical (unpaired) electrons. The number of nitrogens with zero attached hydrogens (tertiary/aromatic N) is 1. The van der Waals surface area contributed by atoms with Crippen LogP contribution in [-0.2, 0) is 9.84 Å². The Morgan fingerprint density at radius 2 is 1.84 bits per heavy atom. The van der Waals surface area contributed by atoms with E-state index in [1.54, 1.807) is 0 Å². The molecule has 1 fully saturated rings. The van der Waals surface area contributed by atoms with Gasteiger partial charge in [0, 0.05) is 12.1 Å². The van der Waals surface area contributed by atoms with Crippen LogP contribution < -0.4 is 5.32 Å². The second-order valence-electron chi connectivity index (χ2n) is 6.46. The van der Waals surface area contributed by atoms with Crippen molar-refractivity contribution in [2.45, 2.75) is 36.8 Å². The van der Waals surface area contributed by atoms with E-state index in [1.165, 1.54) is 25.0 Å². The number of amides is 1. The monoisotopic (exact) mass is 374 g/mol. The minimum atomic E-state index is -4.63. The highest BCUT2D eigenvalue weighted by Crippen LogP contribution is 2.18. The van der Waals surface area contributed by atoms with Crippen LogP contribution in [0.4, 0.5) is 8.78 Å². The number of carbonyl (C=O) groups is 1.